The lowest BCUT2D eigenvalue weighted by molar-refractivity contribution is 0.228. The lowest BCUT2D eigenvalue weighted by Crippen LogP contribution is -2.29. The van der Waals surface area contributed by atoms with Crippen molar-refractivity contribution in [1.82, 2.24) is 14.7 Å². The molecule has 0 N–H and O–H groups in total. The van der Waals surface area contributed by atoms with E-state index in [-0.39, 0.29) is 0 Å². The Balaban J connectivity index is 2.05. The first-order chi connectivity index (χ1) is 9.17. The fraction of sp³-hybridized carbons (Fsp3) is 0.786. The fourth-order valence-electron chi connectivity index (χ4n) is 2.93. The molecule has 0 saturated carbocycles. The Morgan fingerprint density at radius 2 is 2.26 bits per heavy atom. The van der Waals surface area contributed by atoms with Crippen LogP contribution in [0.2, 0.25) is 5.02 Å². The third-order valence-electron chi connectivity index (χ3n) is 4.03. The van der Waals surface area contributed by atoms with Gasteiger partial charge in [0.25, 0.3) is 0 Å². The lowest BCUT2D eigenvalue weighted by Gasteiger charge is -2.24. The van der Waals surface area contributed by atoms with Crippen molar-refractivity contribution in [2.75, 3.05) is 11.9 Å². The van der Waals surface area contributed by atoms with Gasteiger partial charge in [-0.2, -0.15) is 5.10 Å². The summed E-state index contributed by atoms with van der Waals surface area (Å²) in [5.41, 5.74) is 2.19. The first kappa shape index (κ1) is 15.3. The zero-order valence-electron chi connectivity index (χ0n) is 11.8. The van der Waals surface area contributed by atoms with Crippen LogP contribution in [0.25, 0.3) is 0 Å². The number of halogens is 2. The highest BCUT2D eigenvalue weighted by molar-refractivity contribution is 9.09. The molecule has 0 aliphatic carbocycles. The number of likely N-dealkylation sites (tertiary alicyclic amines) is 1. The number of nitrogens with zero attached hydrogens (tertiary/aromatic N) is 3. The van der Waals surface area contributed by atoms with Gasteiger partial charge >= 0.3 is 0 Å². The van der Waals surface area contributed by atoms with E-state index in [4.69, 9.17) is 11.6 Å². The van der Waals surface area contributed by atoms with Gasteiger partial charge in [-0.3, -0.25) is 9.58 Å². The Hall–Kier alpha value is -0.0600. The molecule has 5 heteroatoms. The predicted octanol–water partition coefficient (Wildman–Crippen LogP) is 3.78. The molecular weight excluding hydrogens is 326 g/mol. The molecule has 1 fully saturated rings. The van der Waals surface area contributed by atoms with Gasteiger partial charge in [-0.25, -0.2) is 0 Å². The summed E-state index contributed by atoms with van der Waals surface area (Å²) >= 11 is 9.97. The van der Waals surface area contributed by atoms with Gasteiger partial charge in [-0.05, 0) is 38.6 Å². The van der Waals surface area contributed by atoms with E-state index in [0.29, 0.717) is 6.04 Å². The number of aromatic nitrogens is 2. The topological polar surface area (TPSA) is 21.1 Å². The molecule has 108 valence electrons. The van der Waals surface area contributed by atoms with Crippen molar-refractivity contribution in [1.29, 1.82) is 0 Å². The van der Waals surface area contributed by atoms with E-state index in [1.165, 1.54) is 37.9 Å². The quantitative estimate of drug-likeness (QED) is 0.730. The van der Waals surface area contributed by atoms with Crippen LogP contribution in [0, 0.1) is 0 Å². The zero-order chi connectivity index (χ0) is 13.8. The van der Waals surface area contributed by atoms with E-state index >= 15 is 0 Å². The van der Waals surface area contributed by atoms with Gasteiger partial charge in [-0.1, -0.05) is 34.5 Å². The lowest BCUT2D eigenvalue weighted by atomic mass is 10.1. The van der Waals surface area contributed by atoms with Gasteiger partial charge in [0.1, 0.15) is 0 Å². The fourth-order valence-corrected chi connectivity index (χ4v) is 3.60. The van der Waals surface area contributed by atoms with Crippen LogP contribution in [0.5, 0.6) is 0 Å². The second kappa shape index (κ2) is 7.09. The summed E-state index contributed by atoms with van der Waals surface area (Å²) < 4.78 is 1.96. The van der Waals surface area contributed by atoms with Crippen LogP contribution in [0.15, 0.2) is 0 Å². The highest BCUT2D eigenvalue weighted by Gasteiger charge is 2.26. The van der Waals surface area contributed by atoms with E-state index < -0.39 is 0 Å². The van der Waals surface area contributed by atoms with Crippen molar-refractivity contribution in [3.63, 3.8) is 0 Å². The average Bonchev–Trinajstić information content (AvgIpc) is 2.95. The zero-order valence-corrected chi connectivity index (χ0v) is 14.2. The Morgan fingerprint density at radius 1 is 1.47 bits per heavy atom. The minimum atomic E-state index is 0.716. The summed E-state index contributed by atoms with van der Waals surface area (Å²) in [5, 5.41) is 6.48. The molecule has 0 bridgehead atoms. The Kier molecular flexibility index (Phi) is 5.72. The molecule has 2 rings (SSSR count). The molecule has 0 amide bonds. The second-order valence-corrected chi connectivity index (χ2v) is 6.45. The van der Waals surface area contributed by atoms with Crippen molar-refractivity contribution >= 4 is 27.5 Å². The Bertz CT molecular complexity index is 419. The molecule has 2 heterocycles. The molecule has 0 radical (unpaired) electrons. The molecule has 1 aliphatic heterocycles. The van der Waals surface area contributed by atoms with Crippen LogP contribution in [0.1, 0.15) is 44.0 Å². The maximum atomic E-state index is 6.44. The highest BCUT2D eigenvalue weighted by Crippen LogP contribution is 2.27. The van der Waals surface area contributed by atoms with Gasteiger partial charge in [-0.15, -0.1) is 0 Å². The smallest absolute Gasteiger partial charge is 0.0863 e. The van der Waals surface area contributed by atoms with Crippen LogP contribution in [0.4, 0.5) is 0 Å². The SMILES string of the molecule is CCc1nn(C)c(CN2CCCC2CCCBr)c1Cl. The number of aryl methyl sites for hydroxylation is 2. The molecule has 1 aromatic heterocycles. The van der Waals surface area contributed by atoms with E-state index in [9.17, 15) is 0 Å². The maximum absolute atomic E-state index is 6.44. The van der Waals surface area contributed by atoms with Crippen molar-refractivity contribution in [3.05, 3.63) is 16.4 Å². The summed E-state index contributed by atoms with van der Waals surface area (Å²) in [7, 11) is 2.00. The first-order valence-corrected chi connectivity index (χ1v) is 8.67. The van der Waals surface area contributed by atoms with Crippen molar-refractivity contribution in [2.24, 2.45) is 7.05 Å². The molecule has 1 aromatic rings. The van der Waals surface area contributed by atoms with Gasteiger partial charge in [0.05, 0.1) is 16.4 Å². The van der Waals surface area contributed by atoms with E-state index in [0.717, 1.165) is 29.0 Å². The summed E-state index contributed by atoms with van der Waals surface area (Å²) in [6.45, 7) is 4.23. The molecule has 1 unspecified atom stereocenters. The van der Waals surface area contributed by atoms with Crippen LogP contribution >= 0.6 is 27.5 Å². The molecular formula is C14H23BrClN3. The summed E-state index contributed by atoms with van der Waals surface area (Å²) in [6.07, 6.45) is 6.06. The van der Waals surface area contributed by atoms with Crippen molar-refractivity contribution in [3.8, 4) is 0 Å². The van der Waals surface area contributed by atoms with E-state index in [2.05, 4.69) is 32.9 Å². The third kappa shape index (κ3) is 3.53. The summed E-state index contributed by atoms with van der Waals surface area (Å²) in [4.78, 5) is 2.57. The normalized spacial score (nSPS) is 20.3. The molecule has 0 aromatic carbocycles. The standard InChI is InChI=1S/C14H23BrClN3/c1-3-12-14(16)13(18(2)17-12)10-19-9-5-7-11(19)6-4-8-15/h11H,3-10H2,1-2H3. The molecule has 1 aliphatic rings. The monoisotopic (exact) mass is 347 g/mol. The van der Waals surface area contributed by atoms with Gasteiger partial charge < -0.3 is 0 Å². The van der Waals surface area contributed by atoms with Crippen LogP contribution < -0.4 is 0 Å². The largest absolute Gasteiger partial charge is 0.295 e. The Labute approximate surface area is 129 Å². The van der Waals surface area contributed by atoms with Crippen molar-refractivity contribution in [2.45, 2.75) is 51.6 Å². The Morgan fingerprint density at radius 3 is 2.89 bits per heavy atom. The number of hydrogen-bond donors (Lipinski definition) is 0. The summed E-state index contributed by atoms with van der Waals surface area (Å²) in [6, 6.07) is 0.716. The number of rotatable bonds is 6. The van der Waals surface area contributed by atoms with E-state index in [1.807, 2.05) is 11.7 Å². The molecule has 3 nitrogen and oxygen atoms in total. The maximum Gasteiger partial charge on any atom is 0.0863 e. The van der Waals surface area contributed by atoms with Gasteiger partial charge in [0.2, 0.25) is 0 Å². The van der Waals surface area contributed by atoms with Crippen LogP contribution in [-0.4, -0.2) is 32.6 Å². The minimum absolute atomic E-state index is 0.716. The highest BCUT2D eigenvalue weighted by atomic mass is 79.9. The van der Waals surface area contributed by atoms with E-state index in [1.54, 1.807) is 0 Å². The third-order valence-corrected chi connectivity index (χ3v) is 5.02. The first-order valence-electron chi connectivity index (χ1n) is 7.17. The van der Waals surface area contributed by atoms with Crippen LogP contribution in [-0.2, 0) is 20.0 Å². The number of alkyl halides is 1. The number of hydrogen-bond acceptors (Lipinski definition) is 2. The second-order valence-electron chi connectivity index (χ2n) is 5.28. The predicted molar refractivity (Wildman–Crippen MR) is 84.1 cm³/mol. The van der Waals surface area contributed by atoms with Crippen molar-refractivity contribution < 1.29 is 0 Å². The van der Waals surface area contributed by atoms with Gasteiger partial charge in [0, 0.05) is 25.0 Å². The molecule has 0 spiro atoms. The average molecular weight is 349 g/mol. The van der Waals surface area contributed by atoms with Gasteiger partial charge in [0.15, 0.2) is 0 Å². The molecule has 19 heavy (non-hydrogen) atoms. The molecule has 1 saturated heterocycles. The van der Waals surface area contributed by atoms with Crippen LogP contribution in [0.3, 0.4) is 0 Å². The summed E-state index contributed by atoms with van der Waals surface area (Å²) in [5.74, 6) is 0. The molecule has 1 atom stereocenters. The minimum Gasteiger partial charge on any atom is -0.295 e.